The van der Waals surface area contributed by atoms with Crippen LogP contribution in [-0.2, 0) is 0 Å². The van der Waals surface area contributed by atoms with Crippen LogP contribution in [0.15, 0.2) is 12.3 Å². The van der Waals surface area contributed by atoms with Gasteiger partial charge in [-0.25, -0.2) is 0 Å². The second-order valence-corrected chi connectivity index (χ2v) is 2.51. The maximum atomic E-state index is 5.05. The number of aromatic nitrogens is 2. The minimum Gasteiger partial charge on any atom is -0.480 e. The molecule has 1 unspecified atom stereocenters. The first-order chi connectivity index (χ1) is 5.79. The van der Waals surface area contributed by atoms with E-state index in [1.165, 1.54) is 0 Å². The van der Waals surface area contributed by atoms with Gasteiger partial charge in [0.05, 0.1) is 13.3 Å². The lowest BCUT2D eigenvalue weighted by atomic mass is 10.1. The summed E-state index contributed by atoms with van der Waals surface area (Å²) >= 11 is 0. The fraction of sp³-hybridized carbons (Fsp3) is 0.500. The summed E-state index contributed by atoms with van der Waals surface area (Å²) in [5, 5.41) is 10.7. The zero-order valence-corrected chi connectivity index (χ0v) is 7.53. The summed E-state index contributed by atoms with van der Waals surface area (Å²) in [5.41, 5.74) is 1.02. The Kier molecular flexibility index (Phi) is 2.99. The van der Waals surface area contributed by atoms with Gasteiger partial charge in [-0.2, -0.15) is 5.10 Å². The van der Waals surface area contributed by atoms with Gasteiger partial charge < -0.3 is 10.1 Å². The minimum absolute atomic E-state index is 0.232. The molecule has 0 aliphatic rings. The van der Waals surface area contributed by atoms with Crippen LogP contribution in [0, 0.1) is 0 Å². The maximum Gasteiger partial charge on any atom is 0.237 e. The molecule has 12 heavy (non-hydrogen) atoms. The molecule has 0 aliphatic carbocycles. The van der Waals surface area contributed by atoms with Crippen molar-refractivity contribution >= 4 is 0 Å². The first kappa shape index (κ1) is 8.93. The van der Waals surface area contributed by atoms with Crippen LogP contribution in [0.1, 0.15) is 18.5 Å². The van der Waals surface area contributed by atoms with Crippen molar-refractivity contribution in [2.45, 2.75) is 13.0 Å². The quantitative estimate of drug-likeness (QED) is 0.722. The van der Waals surface area contributed by atoms with Crippen molar-refractivity contribution in [2.24, 2.45) is 0 Å². The van der Waals surface area contributed by atoms with E-state index in [9.17, 15) is 0 Å². The molecule has 1 atom stereocenters. The predicted octanol–water partition coefficient (Wildman–Crippen LogP) is 0.766. The first-order valence-corrected chi connectivity index (χ1v) is 3.82. The van der Waals surface area contributed by atoms with Gasteiger partial charge in [0.2, 0.25) is 5.88 Å². The van der Waals surface area contributed by atoms with Crippen molar-refractivity contribution in [3.63, 3.8) is 0 Å². The highest BCUT2D eigenvalue weighted by molar-refractivity contribution is 5.26. The van der Waals surface area contributed by atoms with E-state index in [2.05, 4.69) is 15.5 Å². The Hall–Kier alpha value is -1.16. The highest BCUT2D eigenvalue weighted by Crippen LogP contribution is 2.19. The molecule has 0 radical (unpaired) electrons. The van der Waals surface area contributed by atoms with Gasteiger partial charge in [0.25, 0.3) is 0 Å². The molecule has 1 N–H and O–H groups in total. The number of rotatable bonds is 3. The van der Waals surface area contributed by atoms with Crippen molar-refractivity contribution < 1.29 is 4.74 Å². The Morgan fingerprint density at radius 1 is 1.58 bits per heavy atom. The molecule has 1 aromatic heterocycles. The Morgan fingerprint density at radius 2 is 2.33 bits per heavy atom. The van der Waals surface area contributed by atoms with E-state index in [0.29, 0.717) is 5.88 Å². The lowest BCUT2D eigenvalue weighted by molar-refractivity contribution is 0.380. The van der Waals surface area contributed by atoms with E-state index in [1.54, 1.807) is 13.3 Å². The molecule has 1 heterocycles. The van der Waals surface area contributed by atoms with E-state index < -0.39 is 0 Å². The topological polar surface area (TPSA) is 47.0 Å². The summed E-state index contributed by atoms with van der Waals surface area (Å²) in [7, 11) is 3.49. The average Bonchev–Trinajstić information content (AvgIpc) is 2.16. The summed E-state index contributed by atoms with van der Waals surface area (Å²) in [4.78, 5) is 0. The number of ether oxygens (including phenoxy) is 1. The third-order valence-corrected chi connectivity index (χ3v) is 1.81. The van der Waals surface area contributed by atoms with Crippen LogP contribution in [0.3, 0.4) is 0 Å². The molecule has 0 amide bonds. The van der Waals surface area contributed by atoms with E-state index in [1.807, 2.05) is 20.0 Å². The summed E-state index contributed by atoms with van der Waals surface area (Å²) in [6.45, 7) is 2.04. The summed E-state index contributed by atoms with van der Waals surface area (Å²) < 4.78 is 5.05. The van der Waals surface area contributed by atoms with E-state index >= 15 is 0 Å². The molecule has 0 aromatic carbocycles. The molecule has 0 bridgehead atoms. The van der Waals surface area contributed by atoms with Crippen LogP contribution < -0.4 is 10.1 Å². The zero-order valence-electron chi connectivity index (χ0n) is 7.53. The molecule has 1 rings (SSSR count). The van der Waals surface area contributed by atoms with Gasteiger partial charge in [0.15, 0.2) is 0 Å². The first-order valence-electron chi connectivity index (χ1n) is 3.82. The van der Waals surface area contributed by atoms with E-state index in [-0.39, 0.29) is 6.04 Å². The summed E-state index contributed by atoms with van der Waals surface area (Å²) in [5.74, 6) is 0.583. The number of nitrogens with zero attached hydrogens (tertiary/aromatic N) is 2. The molecule has 0 saturated heterocycles. The van der Waals surface area contributed by atoms with Crippen LogP contribution in [0.2, 0.25) is 0 Å². The maximum absolute atomic E-state index is 5.05. The summed E-state index contributed by atoms with van der Waals surface area (Å²) in [6, 6.07) is 2.13. The van der Waals surface area contributed by atoms with Gasteiger partial charge in [-0.15, -0.1) is 5.10 Å². The Morgan fingerprint density at radius 3 is 2.92 bits per heavy atom. The smallest absolute Gasteiger partial charge is 0.237 e. The molecule has 1 aromatic rings. The fourth-order valence-corrected chi connectivity index (χ4v) is 0.972. The standard InChI is InChI=1S/C8H13N3O/c1-6(9-2)7-4-5-10-11-8(7)12-3/h4-6,9H,1-3H3. The molecule has 0 spiro atoms. The SMILES string of the molecule is CNC(C)c1ccnnc1OC. The average molecular weight is 167 g/mol. The molecule has 4 heteroatoms. The number of hydrogen-bond donors (Lipinski definition) is 1. The summed E-state index contributed by atoms with van der Waals surface area (Å²) in [6.07, 6.45) is 1.66. The predicted molar refractivity (Wildman–Crippen MR) is 46.1 cm³/mol. The van der Waals surface area contributed by atoms with Gasteiger partial charge in [-0.3, -0.25) is 0 Å². The Labute approximate surface area is 72.0 Å². The third kappa shape index (κ3) is 1.71. The molecule has 0 saturated carbocycles. The highest BCUT2D eigenvalue weighted by atomic mass is 16.5. The number of hydrogen-bond acceptors (Lipinski definition) is 4. The second-order valence-electron chi connectivity index (χ2n) is 2.51. The Balaban J connectivity index is 2.96. The lowest BCUT2D eigenvalue weighted by Gasteiger charge is -2.12. The fourth-order valence-electron chi connectivity index (χ4n) is 0.972. The van der Waals surface area contributed by atoms with Crippen molar-refractivity contribution in [1.29, 1.82) is 0 Å². The normalized spacial score (nSPS) is 12.6. The molecular weight excluding hydrogens is 154 g/mol. The van der Waals surface area contributed by atoms with Gasteiger partial charge >= 0.3 is 0 Å². The number of nitrogens with one attached hydrogen (secondary N) is 1. The van der Waals surface area contributed by atoms with Crippen molar-refractivity contribution in [3.8, 4) is 5.88 Å². The largest absolute Gasteiger partial charge is 0.480 e. The zero-order chi connectivity index (χ0) is 8.97. The number of methoxy groups -OCH3 is 1. The second kappa shape index (κ2) is 4.01. The van der Waals surface area contributed by atoms with Crippen molar-refractivity contribution in [3.05, 3.63) is 17.8 Å². The van der Waals surface area contributed by atoms with Gasteiger partial charge in [-0.1, -0.05) is 0 Å². The molecule has 4 nitrogen and oxygen atoms in total. The lowest BCUT2D eigenvalue weighted by Crippen LogP contribution is -2.14. The van der Waals surface area contributed by atoms with E-state index in [4.69, 9.17) is 4.74 Å². The van der Waals surface area contributed by atoms with Gasteiger partial charge in [-0.05, 0) is 20.0 Å². The van der Waals surface area contributed by atoms with Crippen molar-refractivity contribution in [1.82, 2.24) is 15.5 Å². The van der Waals surface area contributed by atoms with E-state index in [0.717, 1.165) is 5.56 Å². The molecule has 0 aliphatic heterocycles. The minimum atomic E-state index is 0.232. The Bertz CT molecular complexity index is 252. The van der Waals surface area contributed by atoms with Crippen LogP contribution in [-0.4, -0.2) is 24.4 Å². The molecular formula is C8H13N3O. The molecule has 0 fully saturated rings. The van der Waals surface area contributed by atoms with Crippen LogP contribution >= 0.6 is 0 Å². The van der Waals surface area contributed by atoms with Crippen LogP contribution in [0.4, 0.5) is 0 Å². The van der Waals surface area contributed by atoms with Crippen molar-refractivity contribution in [2.75, 3.05) is 14.2 Å². The van der Waals surface area contributed by atoms with Crippen LogP contribution in [0.5, 0.6) is 5.88 Å². The highest BCUT2D eigenvalue weighted by Gasteiger charge is 2.09. The van der Waals surface area contributed by atoms with Gasteiger partial charge in [0, 0.05) is 11.6 Å². The molecule has 66 valence electrons. The monoisotopic (exact) mass is 167 g/mol. The van der Waals surface area contributed by atoms with Gasteiger partial charge in [0.1, 0.15) is 0 Å². The van der Waals surface area contributed by atoms with Crippen LogP contribution in [0.25, 0.3) is 0 Å². The third-order valence-electron chi connectivity index (χ3n) is 1.81.